The van der Waals surface area contributed by atoms with Crippen LogP contribution in [0.1, 0.15) is 41.5 Å². The first kappa shape index (κ1) is 14.9. The zero-order valence-electron chi connectivity index (χ0n) is 11.4. The van der Waals surface area contributed by atoms with E-state index >= 15 is 0 Å². The fourth-order valence-corrected chi connectivity index (χ4v) is 1.70. The van der Waals surface area contributed by atoms with Crippen LogP contribution in [0.2, 0.25) is 0 Å². The molecular formula is C14H16O5. The van der Waals surface area contributed by atoms with Gasteiger partial charge in [0.2, 0.25) is 5.78 Å². The summed E-state index contributed by atoms with van der Waals surface area (Å²) >= 11 is 0. The van der Waals surface area contributed by atoms with Gasteiger partial charge in [-0.15, -0.1) is 0 Å². The molecule has 0 atom stereocenters. The molecule has 5 nitrogen and oxygen atoms in total. The summed E-state index contributed by atoms with van der Waals surface area (Å²) < 4.78 is 9.60. The minimum Gasteiger partial charge on any atom is -0.465 e. The fraction of sp³-hybridized carbons (Fsp3) is 0.357. The van der Waals surface area contributed by atoms with Gasteiger partial charge in [-0.1, -0.05) is 18.2 Å². The zero-order valence-corrected chi connectivity index (χ0v) is 11.4. The summed E-state index contributed by atoms with van der Waals surface area (Å²) in [6.07, 6.45) is 0. The van der Waals surface area contributed by atoms with E-state index in [1.54, 1.807) is 12.1 Å². The molecule has 0 aromatic heterocycles. The van der Waals surface area contributed by atoms with Crippen LogP contribution in [-0.2, 0) is 14.3 Å². The first-order valence-corrected chi connectivity index (χ1v) is 5.71. The van der Waals surface area contributed by atoms with Gasteiger partial charge in [-0.3, -0.25) is 9.59 Å². The maximum atomic E-state index is 12.4. The minimum atomic E-state index is -1.34. The van der Waals surface area contributed by atoms with Crippen LogP contribution in [0.4, 0.5) is 0 Å². The molecule has 0 radical (unpaired) electrons. The predicted molar refractivity (Wildman–Crippen MR) is 68.0 cm³/mol. The van der Waals surface area contributed by atoms with Gasteiger partial charge in [0.25, 0.3) is 0 Å². The van der Waals surface area contributed by atoms with Crippen molar-refractivity contribution in [2.75, 3.05) is 7.11 Å². The van der Waals surface area contributed by atoms with Crippen molar-refractivity contribution in [3.05, 3.63) is 35.4 Å². The monoisotopic (exact) mass is 264 g/mol. The maximum Gasteiger partial charge on any atom is 0.338 e. The van der Waals surface area contributed by atoms with E-state index in [4.69, 9.17) is 4.74 Å². The normalized spacial score (nSPS) is 10.7. The fourth-order valence-electron chi connectivity index (χ4n) is 1.70. The lowest BCUT2D eigenvalue weighted by molar-refractivity contribution is -0.149. The molecule has 0 N–H and O–H groups in total. The van der Waals surface area contributed by atoms with Crippen molar-refractivity contribution < 1.29 is 23.9 Å². The Labute approximate surface area is 111 Å². The Balaban J connectivity index is 3.20. The molecule has 0 aliphatic carbocycles. The molecule has 0 amide bonds. The summed E-state index contributed by atoms with van der Waals surface area (Å²) in [6.45, 7) is 4.18. The molecule has 0 saturated heterocycles. The number of rotatable bonds is 4. The summed E-state index contributed by atoms with van der Waals surface area (Å²) in [7, 11) is 1.24. The van der Waals surface area contributed by atoms with Crippen LogP contribution in [0.25, 0.3) is 0 Å². The highest BCUT2D eigenvalue weighted by Gasteiger charge is 2.34. The summed E-state index contributed by atoms with van der Waals surface area (Å²) in [4.78, 5) is 35.0. The van der Waals surface area contributed by atoms with Gasteiger partial charge in [0, 0.05) is 12.5 Å². The van der Waals surface area contributed by atoms with E-state index in [9.17, 15) is 14.4 Å². The molecule has 102 valence electrons. The zero-order chi connectivity index (χ0) is 14.6. The van der Waals surface area contributed by atoms with Crippen molar-refractivity contribution in [3.8, 4) is 0 Å². The van der Waals surface area contributed by atoms with Gasteiger partial charge in [-0.2, -0.15) is 0 Å². The number of benzene rings is 1. The number of ether oxygens (including phenoxy) is 2. The molecule has 0 bridgehead atoms. The Morgan fingerprint density at radius 2 is 1.58 bits per heavy atom. The molecule has 0 fully saturated rings. The number of carbonyl (C=O) groups is 3. The van der Waals surface area contributed by atoms with E-state index < -0.39 is 23.3 Å². The van der Waals surface area contributed by atoms with E-state index in [1.807, 2.05) is 0 Å². The number of carbonyl (C=O) groups excluding carboxylic acids is 3. The Hall–Kier alpha value is -2.17. The topological polar surface area (TPSA) is 69.7 Å². The van der Waals surface area contributed by atoms with E-state index in [0.717, 1.165) is 0 Å². The van der Waals surface area contributed by atoms with Gasteiger partial charge in [-0.25, -0.2) is 4.79 Å². The Bertz CT molecular complexity index is 516. The molecule has 0 unspecified atom stereocenters. The minimum absolute atomic E-state index is 0.148. The summed E-state index contributed by atoms with van der Waals surface area (Å²) in [6, 6.07) is 6.24. The quantitative estimate of drug-likeness (QED) is 0.614. The second-order valence-corrected chi connectivity index (χ2v) is 4.47. The van der Waals surface area contributed by atoms with Crippen molar-refractivity contribution in [1.82, 2.24) is 0 Å². The molecular weight excluding hydrogens is 248 g/mol. The van der Waals surface area contributed by atoms with E-state index in [-0.39, 0.29) is 11.1 Å². The second-order valence-electron chi connectivity index (χ2n) is 4.47. The van der Waals surface area contributed by atoms with E-state index in [2.05, 4.69) is 4.74 Å². The van der Waals surface area contributed by atoms with Gasteiger partial charge in [0.1, 0.15) is 0 Å². The summed E-state index contributed by atoms with van der Waals surface area (Å²) in [5.41, 5.74) is -1.02. The van der Waals surface area contributed by atoms with Crippen LogP contribution in [0.5, 0.6) is 0 Å². The smallest absolute Gasteiger partial charge is 0.338 e. The lowest BCUT2D eigenvalue weighted by atomic mass is 9.93. The van der Waals surface area contributed by atoms with Gasteiger partial charge in [0.15, 0.2) is 5.60 Å². The van der Waals surface area contributed by atoms with Crippen LogP contribution in [-0.4, -0.2) is 30.4 Å². The summed E-state index contributed by atoms with van der Waals surface area (Å²) in [5.74, 6) is -1.62. The average molecular weight is 264 g/mol. The molecule has 1 rings (SSSR count). The second kappa shape index (κ2) is 5.65. The molecule has 1 aromatic rings. The molecule has 0 aliphatic heterocycles. The van der Waals surface area contributed by atoms with Crippen molar-refractivity contribution in [2.24, 2.45) is 0 Å². The SMILES string of the molecule is COC(=O)c1ccccc1C(=O)C(C)(C)OC(C)=O. The highest BCUT2D eigenvalue weighted by molar-refractivity contribution is 6.10. The highest BCUT2D eigenvalue weighted by Crippen LogP contribution is 2.21. The Morgan fingerprint density at radius 3 is 2.05 bits per heavy atom. The standard InChI is InChI=1S/C14H16O5/c1-9(15)19-14(2,3)12(16)10-7-5-6-8-11(10)13(17)18-4/h5-8H,1-4H3. The number of hydrogen-bond donors (Lipinski definition) is 0. The number of methoxy groups -OCH3 is 1. The third-order valence-corrected chi connectivity index (χ3v) is 2.52. The van der Waals surface area contributed by atoms with E-state index in [0.29, 0.717) is 0 Å². The lowest BCUT2D eigenvalue weighted by Gasteiger charge is -2.23. The maximum absolute atomic E-state index is 12.4. The Morgan fingerprint density at radius 1 is 1.05 bits per heavy atom. The molecule has 0 saturated carbocycles. The van der Waals surface area contributed by atoms with Crippen molar-refractivity contribution in [1.29, 1.82) is 0 Å². The summed E-state index contributed by atoms with van der Waals surface area (Å²) in [5, 5.41) is 0. The van der Waals surface area contributed by atoms with Crippen molar-refractivity contribution in [3.63, 3.8) is 0 Å². The van der Waals surface area contributed by atoms with Gasteiger partial charge < -0.3 is 9.47 Å². The molecule has 19 heavy (non-hydrogen) atoms. The van der Waals surface area contributed by atoms with E-state index in [1.165, 1.54) is 40.0 Å². The van der Waals surface area contributed by atoms with Crippen molar-refractivity contribution >= 4 is 17.7 Å². The number of Topliss-reactive ketones (excluding diaryl/α,β-unsaturated/α-hetero) is 1. The van der Waals surface area contributed by atoms with Crippen LogP contribution in [0.15, 0.2) is 24.3 Å². The largest absolute Gasteiger partial charge is 0.465 e. The number of esters is 2. The van der Waals surface area contributed by atoms with Gasteiger partial charge in [0.05, 0.1) is 12.7 Å². The van der Waals surface area contributed by atoms with Crippen LogP contribution in [0.3, 0.4) is 0 Å². The average Bonchev–Trinajstić information content (AvgIpc) is 2.35. The van der Waals surface area contributed by atoms with Gasteiger partial charge in [-0.05, 0) is 19.9 Å². The van der Waals surface area contributed by atoms with Crippen LogP contribution in [0, 0.1) is 0 Å². The third kappa shape index (κ3) is 3.40. The van der Waals surface area contributed by atoms with Crippen LogP contribution < -0.4 is 0 Å². The Kier molecular flexibility index (Phi) is 4.43. The molecule has 0 heterocycles. The third-order valence-electron chi connectivity index (χ3n) is 2.52. The molecule has 1 aromatic carbocycles. The highest BCUT2D eigenvalue weighted by atomic mass is 16.6. The number of ketones is 1. The predicted octanol–water partition coefficient (Wildman–Crippen LogP) is 2.00. The van der Waals surface area contributed by atoms with Crippen molar-refractivity contribution in [2.45, 2.75) is 26.4 Å². The molecule has 5 heteroatoms. The number of hydrogen-bond acceptors (Lipinski definition) is 5. The van der Waals surface area contributed by atoms with Crippen LogP contribution >= 0.6 is 0 Å². The molecule has 0 spiro atoms. The lowest BCUT2D eigenvalue weighted by Crippen LogP contribution is -2.37. The molecule has 0 aliphatic rings. The first-order chi connectivity index (χ1) is 8.79. The van der Waals surface area contributed by atoms with Gasteiger partial charge >= 0.3 is 11.9 Å². The first-order valence-electron chi connectivity index (χ1n) is 5.71.